The van der Waals surface area contributed by atoms with Gasteiger partial charge in [-0.15, -0.1) is 10.2 Å². The van der Waals surface area contributed by atoms with E-state index in [1.807, 2.05) is 0 Å². The molecule has 0 amide bonds. The van der Waals surface area contributed by atoms with Crippen LogP contribution in [0.3, 0.4) is 0 Å². The molecule has 0 spiro atoms. The monoisotopic (exact) mass is 350 g/mol. The van der Waals surface area contributed by atoms with Gasteiger partial charge >= 0.3 is 6.18 Å². The quantitative estimate of drug-likeness (QED) is 0.721. The molecule has 0 atom stereocenters. The molecule has 0 unspecified atom stereocenters. The largest absolute Gasteiger partial charge is 0.436 e. The molecule has 0 saturated carbocycles. The highest BCUT2D eigenvalue weighted by Crippen LogP contribution is 2.36. The summed E-state index contributed by atoms with van der Waals surface area (Å²) in [5.41, 5.74) is 4.86. The van der Waals surface area contributed by atoms with E-state index in [0.29, 0.717) is 17.7 Å². The summed E-state index contributed by atoms with van der Waals surface area (Å²) in [7, 11) is 0. The van der Waals surface area contributed by atoms with Crippen molar-refractivity contribution in [3.63, 3.8) is 0 Å². The number of nitrogen functional groups attached to an aromatic ring is 1. The van der Waals surface area contributed by atoms with Gasteiger partial charge in [-0.05, 0) is 18.2 Å². The average Bonchev–Trinajstić information content (AvgIpc) is 2.58. The number of aromatic nitrogens is 3. The number of benzene rings is 2. The van der Waals surface area contributed by atoms with Crippen molar-refractivity contribution in [3.05, 3.63) is 59.9 Å². The first-order valence-electron chi connectivity index (χ1n) is 6.95. The molecule has 2 aromatic carbocycles. The highest BCUT2D eigenvalue weighted by atomic mass is 19.4. The van der Waals surface area contributed by atoms with Crippen molar-refractivity contribution in [1.82, 2.24) is 15.2 Å². The van der Waals surface area contributed by atoms with Crippen LogP contribution in [0.1, 0.15) is 5.56 Å². The number of anilines is 1. The van der Waals surface area contributed by atoms with E-state index in [2.05, 4.69) is 15.2 Å². The Labute approximate surface area is 139 Å². The molecule has 1 heterocycles. The Morgan fingerprint density at radius 2 is 1.68 bits per heavy atom. The topological polar surface area (TPSA) is 73.9 Å². The van der Waals surface area contributed by atoms with Crippen molar-refractivity contribution in [3.8, 4) is 22.9 Å². The van der Waals surface area contributed by atoms with Gasteiger partial charge in [0, 0.05) is 5.56 Å². The Morgan fingerprint density at radius 1 is 0.960 bits per heavy atom. The van der Waals surface area contributed by atoms with E-state index in [-0.39, 0.29) is 23.3 Å². The minimum absolute atomic E-state index is 0.124. The number of ether oxygens (including phenoxy) is 1. The number of alkyl halides is 3. The van der Waals surface area contributed by atoms with Crippen LogP contribution >= 0.6 is 0 Å². The maximum Gasteiger partial charge on any atom is 0.419 e. The highest BCUT2D eigenvalue weighted by Gasteiger charge is 2.34. The maximum absolute atomic E-state index is 13.4. The lowest BCUT2D eigenvalue weighted by atomic mass is 10.1. The van der Waals surface area contributed by atoms with Gasteiger partial charge in [0.25, 0.3) is 5.88 Å². The molecule has 1 aromatic heterocycles. The van der Waals surface area contributed by atoms with Gasteiger partial charge in [-0.1, -0.05) is 30.3 Å². The Hall–Kier alpha value is -3.23. The molecule has 128 valence electrons. The molecule has 0 fully saturated rings. The second-order valence-electron chi connectivity index (χ2n) is 4.93. The van der Waals surface area contributed by atoms with E-state index in [4.69, 9.17) is 10.5 Å². The number of hydrogen-bond donors (Lipinski definition) is 1. The molecule has 2 N–H and O–H groups in total. The third-order valence-electron chi connectivity index (χ3n) is 3.18. The van der Waals surface area contributed by atoms with E-state index in [0.717, 1.165) is 6.07 Å². The SMILES string of the molecule is Nc1nnc(Oc2ccc(F)c(C(F)(F)F)c2)c(-c2ccccc2)n1. The van der Waals surface area contributed by atoms with Crippen LogP contribution in [-0.4, -0.2) is 15.2 Å². The lowest BCUT2D eigenvalue weighted by Gasteiger charge is -2.12. The first-order chi connectivity index (χ1) is 11.8. The van der Waals surface area contributed by atoms with Crippen molar-refractivity contribution < 1.29 is 22.3 Å². The summed E-state index contributed by atoms with van der Waals surface area (Å²) >= 11 is 0. The van der Waals surface area contributed by atoms with Crippen LogP contribution in [0.5, 0.6) is 11.6 Å². The molecule has 5 nitrogen and oxygen atoms in total. The molecule has 0 bridgehead atoms. The molecule has 3 aromatic rings. The van der Waals surface area contributed by atoms with E-state index < -0.39 is 17.6 Å². The van der Waals surface area contributed by atoms with E-state index in [9.17, 15) is 17.6 Å². The average molecular weight is 350 g/mol. The van der Waals surface area contributed by atoms with Crippen molar-refractivity contribution in [2.24, 2.45) is 0 Å². The predicted octanol–water partition coefficient (Wildman–Crippen LogP) is 4.07. The van der Waals surface area contributed by atoms with Gasteiger partial charge in [0.1, 0.15) is 17.3 Å². The Bertz CT molecular complexity index is 900. The normalized spacial score (nSPS) is 11.4. The van der Waals surface area contributed by atoms with Gasteiger partial charge in [-0.3, -0.25) is 0 Å². The molecule has 3 rings (SSSR count). The van der Waals surface area contributed by atoms with Crippen molar-refractivity contribution in [2.75, 3.05) is 5.73 Å². The molecule has 0 aliphatic heterocycles. The maximum atomic E-state index is 13.4. The van der Waals surface area contributed by atoms with Gasteiger partial charge in [-0.25, -0.2) is 9.37 Å². The number of nitrogens with zero attached hydrogens (tertiary/aromatic N) is 3. The zero-order valence-corrected chi connectivity index (χ0v) is 12.5. The van der Waals surface area contributed by atoms with E-state index in [1.165, 1.54) is 0 Å². The fourth-order valence-corrected chi connectivity index (χ4v) is 2.08. The Kier molecular flexibility index (Phi) is 4.22. The van der Waals surface area contributed by atoms with Crippen LogP contribution in [0.25, 0.3) is 11.3 Å². The molecule has 0 aliphatic rings. The molecular weight excluding hydrogens is 340 g/mol. The summed E-state index contributed by atoms with van der Waals surface area (Å²) in [5, 5.41) is 7.27. The minimum atomic E-state index is -4.85. The van der Waals surface area contributed by atoms with Gasteiger partial charge in [0.2, 0.25) is 5.95 Å². The predicted molar refractivity (Wildman–Crippen MR) is 81.2 cm³/mol. The molecule has 25 heavy (non-hydrogen) atoms. The van der Waals surface area contributed by atoms with Gasteiger partial charge in [0.05, 0.1) is 5.56 Å². The third-order valence-corrected chi connectivity index (χ3v) is 3.18. The van der Waals surface area contributed by atoms with Crippen molar-refractivity contribution in [2.45, 2.75) is 6.18 Å². The summed E-state index contributed by atoms with van der Waals surface area (Å²) in [4.78, 5) is 4.01. The third kappa shape index (κ3) is 3.65. The van der Waals surface area contributed by atoms with E-state index in [1.54, 1.807) is 30.3 Å². The van der Waals surface area contributed by atoms with Gasteiger partial charge in [0.15, 0.2) is 0 Å². The summed E-state index contributed by atoms with van der Waals surface area (Å²) in [6.07, 6.45) is -4.85. The van der Waals surface area contributed by atoms with Crippen LogP contribution in [-0.2, 0) is 6.18 Å². The summed E-state index contributed by atoms with van der Waals surface area (Å²) in [6, 6.07) is 10.9. The second kappa shape index (κ2) is 6.34. The molecular formula is C16H10F4N4O. The molecule has 0 saturated heterocycles. The highest BCUT2D eigenvalue weighted by molar-refractivity contribution is 5.65. The number of rotatable bonds is 3. The molecule has 0 radical (unpaired) electrons. The van der Waals surface area contributed by atoms with Crippen molar-refractivity contribution >= 4 is 5.95 Å². The van der Waals surface area contributed by atoms with Crippen LogP contribution in [0.15, 0.2) is 48.5 Å². The van der Waals surface area contributed by atoms with Crippen LogP contribution in [0, 0.1) is 5.82 Å². The second-order valence-corrected chi connectivity index (χ2v) is 4.93. The summed E-state index contributed by atoms with van der Waals surface area (Å²) in [5.74, 6) is -1.93. The minimum Gasteiger partial charge on any atom is -0.436 e. The summed E-state index contributed by atoms with van der Waals surface area (Å²) in [6.45, 7) is 0. The zero-order valence-electron chi connectivity index (χ0n) is 12.5. The first-order valence-corrected chi connectivity index (χ1v) is 6.95. The van der Waals surface area contributed by atoms with Crippen LogP contribution in [0.4, 0.5) is 23.5 Å². The zero-order chi connectivity index (χ0) is 18.0. The van der Waals surface area contributed by atoms with Gasteiger partial charge < -0.3 is 10.5 Å². The molecule has 0 aliphatic carbocycles. The number of hydrogen-bond acceptors (Lipinski definition) is 5. The van der Waals surface area contributed by atoms with Crippen LogP contribution in [0.2, 0.25) is 0 Å². The lowest BCUT2D eigenvalue weighted by molar-refractivity contribution is -0.140. The Balaban J connectivity index is 2.02. The number of nitrogens with two attached hydrogens (primary N) is 1. The fraction of sp³-hybridized carbons (Fsp3) is 0.0625. The van der Waals surface area contributed by atoms with Gasteiger partial charge in [-0.2, -0.15) is 13.2 Å². The summed E-state index contributed by atoms with van der Waals surface area (Å²) < 4.78 is 57.2. The number of halogens is 4. The Morgan fingerprint density at radius 3 is 2.36 bits per heavy atom. The van der Waals surface area contributed by atoms with E-state index >= 15 is 0 Å². The smallest absolute Gasteiger partial charge is 0.419 e. The standard InChI is InChI=1S/C16H10F4N4O/c17-12-7-6-10(8-11(12)16(18,19)20)25-14-13(22-15(21)24-23-14)9-4-2-1-3-5-9/h1-8H,(H2,21,22,24). The lowest BCUT2D eigenvalue weighted by Crippen LogP contribution is -2.08. The first kappa shape index (κ1) is 16.6. The van der Waals surface area contributed by atoms with Crippen molar-refractivity contribution in [1.29, 1.82) is 0 Å². The van der Waals surface area contributed by atoms with Crippen LogP contribution < -0.4 is 10.5 Å². The molecule has 9 heteroatoms. The fourth-order valence-electron chi connectivity index (χ4n) is 2.08.